The molecule has 1 unspecified atom stereocenters. The van der Waals surface area contributed by atoms with Crippen molar-refractivity contribution in [3.05, 3.63) is 18.2 Å². The van der Waals surface area contributed by atoms with Crippen molar-refractivity contribution in [2.45, 2.75) is 64.0 Å². The fourth-order valence-corrected chi connectivity index (χ4v) is 3.16. The monoisotopic (exact) mass is 323 g/mol. The molecule has 6 heteroatoms. The maximum Gasteiger partial charge on any atom is 0.333 e. The Morgan fingerprint density at radius 1 is 1.43 bits per heavy atom. The molecule has 0 spiro atoms. The Balaban J connectivity index is 1.78. The van der Waals surface area contributed by atoms with Gasteiger partial charge in [-0.1, -0.05) is 32.1 Å². The zero-order chi connectivity index (χ0) is 16.5. The molecule has 23 heavy (non-hydrogen) atoms. The van der Waals surface area contributed by atoms with Crippen LogP contribution in [0, 0.1) is 5.92 Å². The summed E-state index contributed by atoms with van der Waals surface area (Å²) in [4.78, 5) is 15.6. The van der Waals surface area contributed by atoms with Gasteiger partial charge in [-0.2, -0.15) is 0 Å². The minimum Gasteiger partial charge on any atom is -0.479 e. The lowest BCUT2D eigenvalue weighted by Gasteiger charge is -2.21. The summed E-state index contributed by atoms with van der Waals surface area (Å²) in [5.74, 6) is -0.111. The molecular formula is C17H29N3O3. The number of carboxylic acids is 1. The molecule has 3 N–H and O–H groups in total. The Hall–Kier alpha value is -1.40. The van der Waals surface area contributed by atoms with Crippen LogP contribution in [0.3, 0.4) is 0 Å². The molecular weight excluding hydrogens is 294 g/mol. The van der Waals surface area contributed by atoms with E-state index in [4.69, 9.17) is 10.5 Å². The van der Waals surface area contributed by atoms with Crippen molar-refractivity contribution in [1.29, 1.82) is 0 Å². The molecule has 0 aromatic carbocycles. The van der Waals surface area contributed by atoms with E-state index < -0.39 is 12.1 Å². The van der Waals surface area contributed by atoms with E-state index >= 15 is 0 Å². The fraction of sp³-hybridized carbons (Fsp3) is 0.765. The van der Waals surface area contributed by atoms with Gasteiger partial charge in [-0.25, -0.2) is 9.78 Å². The molecule has 6 nitrogen and oxygen atoms in total. The summed E-state index contributed by atoms with van der Waals surface area (Å²) >= 11 is 0. The SMILES string of the molecule is NCCCOC(Cc1cn(CCC2CCCCC2)cn1)C(=O)O. The number of hydrogen-bond acceptors (Lipinski definition) is 4. The normalized spacial score (nSPS) is 17.3. The number of aryl methyl sites for hydroxylation is 1. The molecule has 1 heterocycles. The van der Waals surface area contributed by atoms with Gasteiger partial charge in [0.1, 0.15) is 0 Å². The molecule has 1 atom stereocenters. The highest BCUT2D eigenvalue weighted by Gasteiger charge is 2.20. The van der Waals surface area contributed by atoms with Crippen molar-refractivity contribution < 1.29 is 14.6 Å². The largest absolute Gasteiger partial charge is 0.479 e. The van der Waals surface area contributed by atoms with Crippen LogP contribution in [-0.2, 0) is 22.5 Å². The molecule has 1 aromatic heterocycles. The Morgan fingerprint density at radius 2 is 2.22 bits per heavy atom. The average Bonchev–Trinajstić information content (AvgIpc) is 3.00. The van der Waals surface area contributed by atoms with Crippen molar-refractivity contribution in [2.75, 3.05) is 13.2 Å². The van der Waals surface area contributed by atoms with E-state index in [-0.39, 0.29) is 0 Å². The van der Waals surface area contributed by atoms with E-state index in [1.165, 1.54) is 38.5 Å². The van der Waals surface area contributed by atoms with Crippen LogP contribution in [0.4, 0.5) is 0 Å². The van der Waals surface area contributed by atoms with E-state index in [2.05, 4.69) is 9.55 Å². The Labute approximate surface area is 138 Å². The molecule has 0 amide bonds. The molecule has 2 rings (SSSR count). The molecule has 1 aliphatic rings. The maximum atomic E-state index is 11.2. The minimum absolute atomic E-state index is 0.302. The lowest BCUT2D eigenvalue weighted by Crippen LogP contribution is -2.27. The van der Waals surface area contributed by atoms with Crippen LogP contribution in [-0.4, -0.2) is 39.9 Å². The van der Waals surface area contributed by atoms with Crippen molar-refractivity contribution in [1.82, 2.24) is 9.55 Å². The second kappa shape index (κ2) is 9.67. The number of rotatable bonds is 10. The zero-order valence-corrected chi connectivity index (χ0v) is 13.8. The van der Waals surface area contributed by atoms with E-state index in [1.807, 2.05) is 6.20 Å². The summed E-state index contributed by atoms with van der Waals surface area (Å²) in [5, 5.41) is 9.22. The van der Waals surface area contributed by atoms with Crippen molar-refractivity contribution >= 4 is 5.97 Å². The standard InChI is InChI=1S/C17H29N3O3/c18-8-4-10-23-16(17(21)22)11-15-12-20(13-19-15)9-7-14-5-2-1-3-6-14/h12-14,16H,1-11,18H2,(H,21,22). The molecule has 1 aromatic rings. The second-order valence-corrected chi connectivity index (χ2v) is 6.44. The number of imidazole rings is 1. The predicted octanol–water partition coefficient (Wildman–Crippen LogP) is 2.21. The molecule has 0 bridgehead atoms. The van der Waals surface area contributed by atoms with E-state index in [9.17, 15) is 9.90 Å². The van der Waals surface area contributed by atoms with Gasteiger partial charge in [-0.15, -0.1) is 0 Å². The highest BCUT2D eigenvalue weighted by Crippen LogP contribution is 2.26. The van der Waals surface area contributed by atoms with Gasteiger partial charge in [0, 0.05) is 25.8 Å². The van der Waals surface area contributed by atoms with Crippen LogP contribution in [0.5, 0.6) is 0 Å². The number of nitrogens with two attached hydrogens (primary N) is 1. The fourth-order valence-electron chi connectivity index (χ4n) is 3.16. The van der Waals surface area contributed by atoms with Gasteiger partial charge in [-0.05, 0) is 25.3 Å². The van der Waals surface area contributed by atoms with Crippen molar-refractivity contribution in [2.24, 2.45) is 11.7 Å². The van der Waals surface area contributed by atoms with Crippen LogP contribution in [0.1, 0.15) is 50.6 Å². The molecule has 0 radical (unpaired) electrons. The Kier molecular flexibility index (Phi) is 7.55. The number of aliphatic carboxylic acids is 1. The topological polar surface area (TPSA) is 90.4 Å². The summed E-state index contributed by atoms with van der Waals surface area (Å²) in [6.45, 7) is 1.83. The van der Waals surface area contributed by atoms with Gasteiger partial charge in [0.25, 0.3) is 0 Å². The smallest absolute Gasteiger partial charge is 0.333 e. The van der Waals surface area contributed by atoms with E-state index in [0.29, 0.717) is 26.0 Å². The van der Waals surface area contributed by atoms with Crippen LogP contribution in [0.25, 0.3) is 0 Å². The van der Waals surface area contributed by atoms with Crippen LogP contribution in [0.2, 0.25) is 0 Å². The predicted molar refractivity (Wildman–Crippen MR) is 88.2 cm³/mol. The zero-order valence-electron chi connectivity index (χ0n) is 13.8. The summed E-state index contributed by atoms with van der Waals surface area (Å²) in [6.07, 6.45) is 11.9. The molecule has 1 saturated carbocycles. The maximum absolute atomic E-state index is 11.2. The van der Waals surface area contributed by atoms with Crippen LogP contribution >= 0.6 is 0 Å². The minimum atomic E-state index is -0.946. The third-order valence-corrected chi connectivity index (χ3v) is 4.54. The molecule has 1 aliphatic carbocycles. The van der Waals surface area contributed by atoms with Gasteiger partial charge in [0.05, 0.1) is 12.0 Å². The molecule has 0 aliphatic heterocycles. The number of nitrogens with zero attached hydrogens (tertiary/aromatic N) is 2. The third-order valence-electron chi connectivity index (χ3n) is 4.54. The van der Waals surface area contributed by atoms with Gasteiger partial charge in [0.15, 0.2) is 6.10 Å². The molecule has 1 fully saturated rings. The van der Waals surface area contributed by atoms with Crippen molar-refractivity contribution in [3.8, 4) is 0 Å². The molecule has 0 saturated heterocycles. The lowest BCUT2D eigenvalue weighted by molar-refractivity contribution is -0.150. The first-order valence-electron chi connectivity index (χ1n) is 8.74. The lowest BCUT2D eigenvalue weighted by atomic mass is 9.87. The number of aromatic nitrogens is 2. The quantitative estimate of drug-likeness (QED) is 0.644. The van der Waals surface area contributed by atoms with Gasteiger partial charge in [0.2, 0.25) is 0 Å². The first-order chi connectivity index (χ1) is 11.2. The van der Waals surface area contributed by atoms with E-state index in [0.717, 1.165) is 18.2 Å². The van der Waals surface area contributed by atoms with Crippen molar-refractivity contribution in [3.63, 3.8) is 0 Å². The Morgan fingerprint density at radius 3 is 2.91 bits per heavy atom. The highest BCUT2D eigenvalue weighted by molar-refractivity contribution is 5.72. The summed E-state index contributed by atoms with van der Waals surface area (Å²) in [7, 11) is 0. The second-order valence-electron chi connectivity index (χ2n) is 6.44. The number of carboxylic acid groups (broad SMARTS) is 1. The summed E-state index contributed by atoms with van der Waals surface area (Å²) in [5.41, 5.74) is 6.17. The summed E-state index contributed by atoms with van der Waals surface area (Å²) in [6, 6.07) is 0. The van der Waals surface area contributed by atoms with E-state index in [1.54, 1.807) is 6.33 Å². The highest BCUT2D eigenvalue weighted by atomic mass is 16.5. The summed E-state index contributed by atoms with van der Waals surface area (Å²) < 4.78 is 7.46. The molecule has 130 valence electrons. The van der Waals surface area contributed by atoms with Gasteiger partial charge in [-0.3, -0.25) is 0 Å². The first-order valence-corrected chi connectivity index (χ1v) is 8.74. The van der Waals surface area contributed by atoms with Gasteiger partial charge < -0.3 is 20.1 Å². The average molecular weight is 323 g/mol. The first kappa shape index (κ1) is 17.9. The number of ether oxygens (including phenoxy) is 1. The Bertz CT molecular complexity index is 469. The number of carbonyl (C=O) groups is 1. The van der Waals surface area contributed by atoms with Gasteiger partial charge >= 0.3 is 5.97 Å². The third kappa shape index (κ3) is 6.31. The number of hydrogen-bond donors (Lipinski definition) is 2. The van der Waals surface area contributed by atoms with Crippen LogP contribution in [0.15, 0.2) is 12.5 Å². The van der Waals surface area contributed by atoms with Crippen LogP contribution < -0.4 is 5.73 Å².